The van der Waals surface area contributed by atoms with E-state index in [9.17, 15) is 9.59 Å². The first-order valence-corrected chi connectivity index (χ1v) is 7.87. The van der Waals surface area contributed by atoms with Crippen LogP contribution in [0, 0.1) is 0 Å². The molecule has 0 spiro atoms. The van der Waals surface area contributed by atoms with Crippen molar-refractivity contribution in [2.24, 2.45) is 0 Å². The number of hydrogen-bond donors (Lipinski definition) is 1. The van der Waals surface area contributed by atoms with Crippen molar-refractivity contribution in [1.82, 2.24) is 0 Å². The van der Waals surface area contributed by atoms with Gasteiger partial charge in [-0.05, 0) is 40.6 Å². The van der Waals surface area contributed by atoms with Crippen LogP contribution in [0.1, 0.15) is 5.56 Å². The van der Waals surface area contributed by atoms with E-state index in [1.165, 1.54) is 17.4 Å². The van der Waals surface area contributed by atoms with Gasteiger partial charge >= 0.3 is 5.97 Å². The molecule has 1 amide bonds. The van der Waals surface area contributed by atoms with Gasteiger partial charge in [0.15, 0.2) is 6.61 Å². The van der Waals surface area contributed by atoms with Crippen LogP contribution in [0.25, 0.3) is 6.08 Å². The Morgan fingerprint density at radius 1 is 1.27 bits per heavy atom. The highest BCUT2D eigenvalue weighted by Gasteiger charge is 2.09. The van der Waals surface area contributed by atoms with Gasteiger partial charge in [0.25, 0.3) is 5.91 Å². The van der Waals surface area contributed by atoms with Gasteiger partial charge in [-0.25, -0.2) is 4.79 Å². The molecule has 4 nitrogen and oxygen atoms in total. The number of carbonyl (C=O) groups excluding carboxylic acids is 2. The average Bonchev–Trinajstić information content (AvgIpc) is 3.01. The molecular weight excluding hydrogens is 345 g/mol. The van der Waals surface area contributed by atoms with Crippen LogP contribution in [0.15, 0.2) is 41.1 Å². The summed E-state index contributed by atoms with van der Waals surface area (Å²) >= 11 is 13.3. The first-order valence-electron chi connectivity index (χ1n) is 6.17. The lowest BCUT2D eigenvalue weighted by Crippen LogP contribution is -2.20. The maximum absolute atomic E-state index is 11.7. The van der Waals surface area contributed by atoms with Crippen molar-refractivity contribution in [1.29, 1.82) is 0 Å². The molecule has 0 saturated carbocycles. The molecule has 0 unspecified atom stereocenters. The van der Waals surface area contributed by atoms with Crippen LogP contribution in [0.3, 0.4) is 0 Å². The quantitative estimate of drug-likeness (QED) is 0.644. The normalized spacial score (nSPS) is 10.6. The van der Waals surface area contributed by atoms with Crippen molar-refractivity contribution in [3.8, 4) is 0 Å². The lowest BCUT2D eigenvalue weighted by molar-refractivity contribution is -0.142. The van der Waals surface area contributed by atoms with Gasteiger partial charge in [0.05, 0.1) is 15.7 Å². The van der Waals surface area contributed by atoms with Crippen molar-refractivity contribution in [3.63, 3.8) is 0 Å². The van der Waals surface area contributed by atoms with E-state index >= 15 is 0 Å². The van der Waals surface area contributed by atoms with E-state index in [1.807, 2.05) is 16.8 Å². The highest BCUT2D eigenvalue weighted by Crippen LogP contribution is 2.29. The molecule has 0 radical (unpaired) electrons. The summed E-state index contributed by atoms with van der Waals surface area (Å²) in [6.45, 7) is -0.407. The zero-order valence-electron chi connectivity index (χ0n) is 11.2. The molecule has 7 heteroatoms. The molecule has 1 aromatic heterocycles. The summed E-state index contributed by atoms with van der Waals surface area (Å²) < 4.78 is 4.83. The van der Waals surface area contributed by atoms with Gasteiger partial charge in [0, 0.05) is 6.08 Å². The minimum absolute atomic E-state index is 0.237. The number of amides is 1. The van der Waals surface area contributed by atoms with Gasteiger partial charge in [0.1, 0.15) is 0 Å². The molecule has 0 bridgehead atoms. The fourth-order valence-electron chi connectivity index (χ4n) is 1.51. The minimum atomic E-state index is -0.599. The number of ether oxygens (including phenoxy) is 1. The van der Waals surface area contributed by atoms with Crippen LogP contribution in [-0.4, -0.2) is 18.5 Å². The van der Waals surface area contributed by atoms with E-state index < -0.39 is 18.5 Å². The molecule has 1 N–H and O–H groups in total. The van der Waals surface area contributed by atoms with Crippen LogP contribution >= 0.6 is 34.5 Å². The largest absolute Gasteiger partial charge is 0.452 e. The first-order chi connectivity index (χ1) is 10.6. The fourth-order valence-corrected chi connectivity index (χ4v) is 2.48. The number of benzene rings is 1. The van der Waals surface area contributed by atoms with E-state index in [0.717, 1.165) is 5.56 Å². The Bertz CT molecular complexity index is 699. The van der Waals surface area contributed by atoms with Crippen LogP contribution in [0.2, 0.25) is 10.0 Å². The van der Waals surface area contributed by atoms with E-state index in [0.29, 0.717) is 10.7 Å². The third kappa shape index (κ3) is 4.87. The summed E-state index contributed by atoms with van der Waals surface area (Å²) in [5.74, 6) is -1.10. The number of thiophene rings is 1. The minimum Gasteiger partial charge on any atom is -0.452 e. The van der Waals surface area contributed by atoms with E-state index in [4.69, 9.17) is 27.9 Å². The summed E-state index contributed by atoms with van der Waals surface area (Å²) in [4.78, 5) is 23.2. The third-order valence-electron chi connectivity index (χ3n) is 2.53. The Morgan fingerprint density at radius 3 is 2.82 bits per heavy atom. The number of rotatable bonds is 5. The monoisotopic (exact) mass is 355 g/mol. The number of nitrogens with one attached hydrogen (secondary N) is 1. The topological polar surface area (TPSA) is 55.4 Å². The lowest BCUT2D eigenvalue weighted by Gasteiger charge is -2.08. The standard InChI is InChI=1S/C15H11Cl2NO3S/c16-11-2-1-3-12(15(11)17)18-13(19)8-21-14(20)5-4-10-6-7-22-9-10/h1-7,9H,8H2,(H,18,19)/b5-4+. The summed E-state index contributed by atoms with van der Waals surface area (Å²) in [6, 6.07) is 6.72. The zero-order chi connectivity index (χ0) is 15.9. The van der Waals surface area contributed by atoms with Gasteiger partial charge in [0.2, 0.25) is 0 Å². The van der Waals surface area contributed by atoms with E-state index in [1.54, 1.807) is 24.3 Å². The predicted octanol–water partition coefficient (Wildman–Crippen LogP) is 4.25. The number of hydrogen-bond acceptors (Lipinski definition) is 4. The van der Waals surface area contributed by atoms with Gasteiger partial charge in [-0.2, -0.15) is 11.3 Å². The van der Waals surface area contributed by atoms with Crippen molar-refractivity contribution in [2.75, 3.05) is 11.9 Å². The summed E-state index contributed by atoms with van der Waals surface area (Å²) in [5, 5.41) is 6.87. The zero-order valence-corrected chi connectivity index (χ0v) is 13.5. The Labute approximate surface area is 141 Å². The molecule has 0 aliphatic carbocycles. The second-order valence-corrected chi connectivity index (χ2v) is 5.71. The first kappa shape index (κ1) is 16.5. The summed E-state index contributed by atoms with van der Waals surface area (Å²) in [7, 11) is 0. The molecule has 1 aromatic carbocycles. The van der Waals surface area contributed by atoms with Crippen molar-refractivity contribution < 1.29 is 14.3 Å². The van der Waals surface area contributed by atoms with Crippen LogP contribution in [0.5, 0.6) is 0 Å². The van der Waals surface area contributed by atoms with Crippen molar-refractivity contribution in [2.45, 2.75) is 0 Å². The second kappa shape index (κ2) is 7.98. The second-order valence-electron chi connectivity index (χ2n) is 4.15. The molecule has 1 heterocycles. The highest BCUT2D eigenvalue weighted by molar-refractivity contribution is 7.08. The number of carbonyl (C=O) groups is 2. The smallest absolute Gasteiger partial charge is 0.331 e. The maximum Gasteiger partial charge on any atom is 0.331 e. The van der Waals surface area contributed by atoms with Gasteiger partial charge in [-0.3, -0.25) is 4.79 Å². The fraction of sp³-hybridized carbons (Fsp3) is 0.0667. The highest BCUT2D eigenvalue weighted by atomic mass is 35.5. The van der Waals surface area contributed by atoms with E-state index in [2.05, 4.69) is 5.32 Å². The molecule has 0 aliphatic heterocycles. The molecule has 0 atom stereocenters. The van der Waals surface area contributed by atoms with E-state index in [-0.39, 0.29) is 5.02 Å². The summed E-state index contributed by atoms with van der Waals surface area (Å²) in [5.41, 5.74) is 1.26. The Morgan fingerprint density at radius 2 is 2.09 bits per heavy atom. The van der Waals surface area contributed by atoms with Gasteiger partial charge in [-0.15, -0.1) is 0 Å². The Kier molecular flexibility index (Phi) is 6.00. The molecular formula is C15H11Cl2NO3S. The van der Waals surface area contributed by atoms with Gasteiger partial charge < -0.3 is 10.1 Å². The predicted molar refractivity (Wildman–Crippen MR) is 89.4 cm³/mol. The van der Waals surface area contributed by atoms with Crippen molar-refractivity contribution in [3.05, 3.63) is 56.7 Å². The molecule has 2 rings (SSSR count). The molecule has 0 aliphatic rings. The third-order valence-corrected chi connectivity index (χ3v) is 4.05. The lowest BCUT2D eigenvalue weighted by atomic mass is 10.3. The molecule has 22 heavy (non-hydrogen) atoms. The molecule has 2 aromatic rings. The molecule has 0 saturated heterocycles. The number of anilines is 1. The molecule has 0 fully saturated rings. The Hall–Kier alpha value is -1.82. The maximum atomic E-state index is 11.7. The summed E-state index contributed by atoms with van der Waals surface area (Å²) in [6.07, 6.45) is 2.88. The Balaban J connectivity index is 1.82. The van der Waals surface area contributed by atoms with Gasteiger partial charge in [-0.1, -0.05) is 29.3 Å². The SMILES string of the molecule is O=C(COC(=O)/C=C/c1ccsc1)Nc1cccc(Cl)c1Cl. The van der Waals surface area contributed by atoms with Crippen LogP contribution in [-0.2, 0) is 14.3 Å². The average molecular weight is 356 g/mol. The van der Waals surface area contributed by atoms with Crippen LogP contribution in [0.4, 0.5) is 5.69 Å². The number of esters is 1. The van der Waals surface area contributed by atoms with Crippen LogP contribution < -0.4 is 5.32 Å². The number of halogens is 2. The molecule has 114 valence electrons. The van der Waals surface area contributed by atoms with Crippen molar-refractivity contribution >= 4 is 58.2 Å².